The first-order chi connectivity index (χ1) is 4.84. The maximum atomic E-state index is 11.0. The topological polar surface area (TPSA) is 29.1 Å². The highest BCUT2D eigenvalue weighted by Crippen LogP contribution is 2.14. The van der Waals surface area contributed by atoms with Crippen LogP contribution in [0.1, 0.15) is 19.3 Å². The summed E-state index contributed by atoms with van der Waals surface area (Å²) in [5.74, 6) is 0.400. The third-order valence-corrected chi connectivity index (χ3v) is 1.85. The molecule has 0 aromatic carbocycles. The van der Waals surface area contributed by atoms with Crippen LogP contribution >= 0.6 is 0 Å². The van der Waals surface area contributed by atoms with Crippen molar-refractivity contribution in [2.24, 2.45) is 5.92 Å². The molecule has 0 aromatic rings. The van der Waals surface area contributed by atoms with E-state index in [-0.39, 0.29) is 11.8 Å². The first-order valence-electron chi connectivity index (χ1n) is 3.73. The molecule has 1 rings (SSSR count). The Morgan fingerprint density at radius 3 is 3.20 bits per heavy atom. The number of hydrogen-bond donors (Lipinski definition) is 1. The monoisotopic (exact) mass is 139 g/mol. The molecule has 1 amide bonds. The normalized spacial score (nSPS) is 25.6. The number of rotatable bonds is 2. The standard InChI is InChI=1S/C8H13NO/c1-2-4-7-5-3-6-9-8(7)10/h2,7H,1,3-6H2,(H,9,10)/t7-/m1/s1. The Labute approximate surface area is 61.3 Å². The van der Waals surface area contributed by atoms with E-state index in [0.29, 0.717) is 0 Å². The van der Waals surface area contributed by atoms with Crippen LogP contribution in [0.15, 0.2) is 12.7 Å². The molecule has 0 unspecified atom stereocenters. The minimum atomic E-state index is 0.200. The van der Waals surface area contributed by atoms with E-state index in [1.165, 1.54) is 0 Å². The van der Waals surface area contributed by atoms with Crippen LogP contribution in [0.5, 0.6) is 0 Å². The van der Waals surface area contributed by atoms with Crippen molar-refractivity contribution in [3.8, 4) is 0 Å². The Morgan fingerprint density at radius 2 is 2.60 bits per heavy atom. The van der Waals surface area contributed by atoms with Crippen molar-refractivity contribution in [1.82, 2.24) is 5.32 Å². The van der Waals surface area contributed by atoms with E-state index in [2.05, 4.69) is 11.9 Å². The van der Waals surface area contributed by atoms with Gasteiger partial charge in [-0.15, -0.1) is 6.58 Å². The lowest BCUT2D eigenvalue weighted by atomic mass is 9.95. The van der Waals surface area contributed by atoms with Gasteiger partial charge in [0.1, 0.15) is 0 Å². The number of hydrogen-bond acceptors (Lipinski definition) is 1. The van der Waals surface area contributed by atoms with Gasteiger partial charge in [0, 0.05) is 12.5 Å². The summed E-state index contributed by atoms with van der Waals surface area (Å²) < 4.78 is 0. The molecule has 1 aliphatic heterocycles. The lowest BCUT2D eigenvalue weighted by Gasteiger charge is -2.19. The van der Waals surface area contributed by atoms with Crippen LogP contribution in [0.25, 0.3) is 0 Å². The molecule has 0 radical (unpaired) electrons. The fourth-order valence-electron chi connectivity index (χ4n) is 1.26. The summed E-state index contributed by atoms with van der Waals surface area (Å²) in [5.41, 5.74) is 0. The van der Waals surface area contributed by atoms with Crippen molar-refractivity contribution in [2.45, 2.75) is 19.3 Å². The largest absolute Gasteiger partial charge is 0.356 e. The van der Waals surface area contributed by atoms with Crippen LogP contribution in [0.4, 0.5) is 0 Å². The van der Waals surface area contributed by atoms with Crippen molar-refractivity contribution in [1.29, 1.82) is 0 Å². The first kappa shape index (κ1) is 7.32. The SMILES string of the molecule is C=CC[C@@H]1CCCNC1=O. The Hall–Kier alpha value is -0.790. The Balaban J connectivity index is 2.39. The van der Waals surface area contributed by atoms with Crippen LogP contribution in [0.3, 0.4) is 0 Å². The molecule has 0 spiro atoms. The van der Waals surface area contributed by atoms with E-state index in [1.54, 1.807) is 0 Å². The molecule has 1 heterocycles. The quantitative estimate of drug-likeness (QED) is 0.570. The second kappa shape index (κ2) is 3.40. The Bertz CT molecular complexity index is 142. The van der Waals surface area contributed by atoms with Gasteiger partial charge in [0.25, 0.3) is 0 Å². The number of carbonyl (C=O) groups excluding carboxylic acids is 1. The van der Waals surface area contributed by atoms with E-state index in [4.69, 9.17) is 0 Å². The van der Waals surface area contributed by atoms with Crippen LogP contribution in [-0.4, -0.2) is 12.5 Å². The van der Waals surface area contributed by atoms with Crippen molar-refractivity contribution >= 4 is 5.91 Å². The lowest BCUT2D eigenvalue weighted by Crippen LogP contribution is -2.36. The minimum absolute atomic E-state index is 0.200. The van der Waals surface area contributed by atoms with Crippen molar-refractivity contribution in [3.63, 3.8) is 0 Å². The molecule has 0 saturated carbocycles. The van der Waals surface area contributed by atoms with E-state index in [1.807, 2.05) is 6.08 Å². The number of carbonyl (C=O) groups is 1. The van der Waals surface area contributed by atoms with Crippen LogP contribution < -0.4 is 5.32 Å². The maximum Gasteiger partial charge on any atom is 0.223 e. The molecular weight excluding hydrogens is 126 g/mol. The van der Waals surface area contributed by atoms with E-state index >= 15 is 0 Å². The zero-order valence-corrected chi connectivity index (χ0v) is 6.10. The number of amides is 1. The fraction of sp³-hybridized carbons (Fsp3) is 0.625. The summed E-state index contributed by atoms with van der Waals surface area (Å²) in [4.78, 5) is 11.0. The van der Waals surface area contributed by atoms with Crippen molar-refractivity contribution in [3.05, 3.63) is 12.7 Å². The number of piperidine rings is 1. The Kier molecular flexibility index (Phi) is 2.49. The molecular formula is C8H13NO. The highest BCUT2D eigenvalue weighted by atomic mass is 16.1. The molecule has 1 saturated heterocycles. The highest BCUT2D eigenvalue weighted by molar-refractivity contribution is 5.79. The van der Waals surface area contributed by atoms with Crippen molar-refractivity contribution < 1.29 is 4.79 Å². The third-order valence-electron chi connectivity index (χ3n) is 1.85. The van der Waals surface area contributed by atoms with Gasteiger partial charge in [-0.3, -0.25) is 4.79 Å². The van der Waals surface area contributed by atoms with Crippen LogP contribution in [0, 0.1) is 5.92 Å². The third kappa shape index (κ3) is 1.59. The molecule has 2 nitrogen and oxygen atoms in total. The van der Waals surface area contributed by atoms with Gasteiger partial charge < -0.3 is 5.32 Å². The lowest BCUT2D eigenvalue weighted by molar-refractivity contribution is -0.126. The predicted octanol–water partition coefficient (Wildman–Crippen LogP) is 1.09. The average molecular weight is 139 g/mol. The molecule has 1 N–H and O–H groups in total. The summed E-state index contributed by atoms with van der Waals surface area (Å²) >= 11 is 0. The van der Waals surface area contributed by atoms with Gasteiger partial charge >= 0.3 is 0 Å². The van der Waals surface area contributed by atoms with Gasteiger partial charge in [0.05, 0.1) is 0 Å². The number of nitrogens with one attached hydrogen (secondary N) is 1. The molecule has 0 aromatic heterocycles. The summed E-state index contributed by atoms with van der Waals surface area (Å²) in [6.07, 6.45) is 4.78. The molecule has 10 heavy (non-hydrogen) atoms. The zero-order valence-electron chi connectivity index (χ0n) is 6.10. The van der Waals surface area contributed by atoms with Gasteiger partial charge in [0.2, 0.25) is 5.91 Å². The molecule has 1 aliphatic rings. The predicted molar refractivity (Wildman–Crippen MR) is 40.5 cm³/mol. The van der Waals surface area contributed by atoms with Crippen molar-refractivity contribution in [2.75, 3.05) is 6.54 Å². The van der Waals surface area contributed by atoms with E-state index < -0.39 is 0 Å². The summed E-state index contributed by atoms with van der Waals surface area (Å²) in [7, 11) is 0. The first-order valence-corrected chi connectivity index (χ1v) is 3.73. The molecule has 1 atom stereocenters. The second-order valence-corrected chi connectivity index (χ2v) is 2.65. The van der Waals surface area contributed by atoms with Gasteiger partial charge in [-0.2, -0.15) is 0 Å². The van der Waals surface area contributed by atoms with Gasteiger partial charge in [-0.1, -0.05) is 6.08 Å². The number of allylic oxidation sites excluding steroid dienone is 1. The maximum absolute atomic E-state index is 11.0. The summed E-state index contributed by atoms with van der Waals surface area (Å²) in [6, 6.07) is 0. The highest BCUT2D eigenvalue weighted by Gasteiger charge is 2.19. The van der Waals surface area contributed by atoms with Gasteiger partial charge in [0.15, 0.2) is 0 Å². The average Bonchev–Trinajstić information content (AvgIpc) is 1.94. The van der Waals surface area contributed by atoms with Crippen LogP contribution in [0.2, 0.25) is 0 Å². The zero-order chi connectivity index (χ0) is 7.40. The molecule has 56 valence electrons. The summed E-state index contributed by atoms with van der Waals surface area (Å²) in [6.45, 7) is 4.46. The smallest absolute Gasteiger partial charge is 0.223 e. The fourth-order valence-corrected chi connectivity index (χ4v) is 1.26. The van der Waals surface area contributed by atoms with E-state index in [0.717, 1.165) is 25.8 Å². The Morgan fingerprint density at radius 1 is 1.80 bits per heavy atom. The molecule has 0 aliphatic carbocycles. The molecule has 1 fully saturated rings. The second-order valence-electron chi connectivity index (χ2n) is 2.65. The minimum Gasteiger partial charge on any atom is -0.356 e. The molecule has 0 bridgehead atoms. The summed E-state index contributed by atoms with van der Waals surface area (Å²) in [5, 5.41) is 2.83. The van der Waals surface area contributed by atoms with E-state index in [9.17, 15) is 4.79 Å². The van der Waals surface area contributed by atoms with Gasteiger partial charge in [-0.05, 0) is 19.3 Å². The molecule has 2 heteroatoms. The van der Waals surface area contributed by atoms with Gasteiger partial charge in [-0.25, -0.2) is 0 Å². The van der Waals surface area contributed by atoms with Crippen LogP contribution in [-0.2, 0) is 4.79 Å².